The molecule has 110 valence electrons. The third-order valence-corrected chi connectivity index (χ3v) is 3.73. The number of benzene rings is 1. The van der Waals surface area contributed by atoms with Gasteiger partial charge in [-0.15, -0.1) is 0 Å². The normalized spacial score (nSPS) is 10.7. The number of aromatic nitrogens is 1. The molecular weight excluding hydrogens is 332 g/mol. The molecular formula is C16H17BrN2O2. The fraction of sp³-hybridized carbons (Fsp3) is 0.250. The van der Waals surface area contributed by atoms with E-state index in [1.54, 1.807) is 23.0 Å². The number of nitrogens with one attached hydrogen (secondary N) is 1. The van der Waals surface area contributed by atoms with Crippen LogP contribution in [-0.4, -0.2) is 16.3 Å². The molecule has 1 amide bonds. The predicted octanol–water partition coefficient (Wildman–Crippen LogP) is 3.73. The maximum Gasteiger partial charge on any atom is 0.244 e. The number of para-hydroxylation sites is 1. The predicted molar refractivity (Wildman–Crippen MR) is 86.4 cm³/mol. The average Bonchev–Trinajstić information content (AvgIpc) is 2.88. The Morgan fingerprint density at radius 2 is 1.95 bits per heavy atom. The number of amides is 1. The van der Waals surface area contributed by atoms with E-state index in [1.807, 2.05) is 38.1 Å². The molecule has 5 heteroatoms. The van der Waals surface area contributed by atoms with Gasteiger partial charge in [0.05, 0.1) is 5.69 Å². The van der Waals surface area contributed by atoms with Gasteiger partial charge in [-0.1, -0.05) is 26.0 Å². The molecule has 0 spiro atoms. The van der Waals surface area contributed by atoms with Crippen LogP contribution in [0.1, 0.15) is 24.2 Å². The number of hydrogen-bond donors (Lipinski definition) is 1. The molecule has 21 heavy (non-hydrogen) atoms. The molecule has 0 unspecified atom stereocenters. The molecule has 4 nitrogen and oxygen atoms in total. The topological polar surface area (TPSA) is 51.1 Å². The molecule has 0 radical (unpaired) electrons. The first-order valence-corrected chi connectivity index (χ1v) is 7.51. The van der Waals surface area contributed by atoms with Crippen molar-refractivity contribution in [2.45, 2.75) is 20.4 Å². The molecule has 0 aliphatic rings. The Kier molecular flexibility index (Phi) is 4.96. The van der Waals surface area contributed by atoms with Crippen LogP contribution in [0.3, 0.4) is 0 Å². The highest BCUT2D eigenvalue weighted by atomic mass is 79.9. The first-order chi connectivity index (χ1) is 9.97. The van der Waals surface area contributed by atoms with Gasteiger partial charge in [0, 0.05) is 28.3 Å². The largest absolute Gasteiger partial charge is 0.344 e. The Morgan fingerprint density at radius 1 is 1.24 bits per heavy atom. The zero-order valence-electron chi connectivity index (χ0n) is 12.0. The van der Waals surface area contributed by atoms with E-state index in [4.69, 9.17) is 0 Å². The smallest absolute Gasteiger partial charge is 0.244 e. The van der Waals surface area contributed by atoms with Gasteiger partial charge in [0.2, 0.25) is 5.91 Å². The summed E-state index contributed by atoms with van der Waals surface area (Å²) >= 11 is 3.38. The van der Waals surface area contributed by atoms with Gasteiger partial charge in [-0.3, -0.25) is 9.59 Å². The third kappa shape index (κ3) is 4.04. The van der Waals surface area contributed by atoms with Crippen molar-refractivity contribution in [1.82, 2.24) is 4.57 Å². The summed E-state index contributed by atoms with van der Waals surface area (Å²) in [7, 11) is 0. The zero-order chi connectivity index (χ0) is 15.4. The number of carbonyl (C=O) groups is 2. The van der Waals surface area contributed by atoms with Gasteiger partial charge in [0.25, 0.3) is 0 Å². The van der Waals surface area contributed by atoms with Gasteiger partial charge in [0.1, 0.15) is 6.54 Å². The second-order valence-corrected chi connectivity index (χ2v) is 5.97. The van der Waals surface area contributed by atoms with Crippen molar-refractivity contribution < 1.29 is 9.59 Å². The van der Waals surface area contributed by atoms with Crippen molar-refractivity contribution in [3.05, 3.63) is 52.8 Å². The van der Waals surface area contributed by atoms with Crippen LogP contribution in [0.15, 0.2) is 47.2 Å². The van der Waals surface area contributed by atoms with Crippen molar-refractivity contribution in [3.63, 3.8) is 0 Å². The summed E-state index contributed by atoms with van der Waals surface area (Å²) in [6.07, 6.45) is 3.46. The average molecular weight is 349 g/mol. The van der Waals surface area contributed by atoms with Crippen molar-refractivity contribution >= 4 is 33.3 Å². The quantitative estimate of drug-likeness (QED) is 0.837. The van der Waals surface area contributed by atoms with E-state index in [-0.39, 0.29) is 24.2 Å². The number of nitrogens with zero attached hydrogens (tertiary/aromatic N) is 1. The van der Waals surface area contributed by atoms with E-state index < -0.39 is 0 Å². The number of anilines is 1. The summed E-state index contributed by atoms with van der Waals surface area (Å²) in [5.41, 5.74) is 1.37. The number of carbonyl (C=O) groups excluding carboxylic acids is 2. The van der Waals surface area contributed by atoms with Gasteiger partial charge < -0.3 is 9.88 Å². The summed E-state index contributed by atoms with van der Waals surface area (Å²) in [6, 6.07) is 9.18. The van der Waals surface area contributed by atoms with Crippen LogP contribution in [-0.2, 0) is 11.3 Å². The minimum atomic E-state index is -0.138. The molecule has 1 aromatic carbocycles. The Hall–Kier alpha value is -1.88. The summed E-state index contributed by atoms with van der Waals surface area (Å²) in [5.74, 6) is -0.101. The zero-order valence-corrected chi connectivity index (χ0v) is 13.6. The molecule has 0 aliphatic heterocycles. The third-order valence-electron chi connectivity index (χ3n) is 3.03. The molecule has 1 aromatic heterocycles. The summed E-state index contributed by atoms with van der Waals surface area (Å²) in [4.78, 5) is 23.9. The highest BCUT2D eigenvalue weighted by molar-refractivity contribution is 9.10. The lowest BCUT2D eigenvalue weighted by Crippen LogP contribution is -2.18. The fourth-order valence-electron chi connectivity index (χ4n) is 1.94. The summed E-state index contributed by atoms with van der Waals surface area (Å²) < 4.78 is 2.54. The molecule has 0 saturated heterocycles. The minimum Gasteiger partial charge on any atom is -0.344 e. The highest BCUT2D eigenvalue weighted by Crippen LogP contribution is 2.21. The van der Waals surface area contributed by atoms with E-state index in [0.717, 1.165) is 10.2 Å². The van der Waals surface area contributed by atoms with Gasteiger partial charge in [-0.2, -0.15) is 0 Å². The van der Waals surface area contributed by atoms with Crippen LogP contribution in [0, 0.1) is 5.92 Å². The second kappa shape index (κ2) is 6.72. The van der Waals surface area contributed by atoms with Crippen LogP contribution in [0.4, 0.5) is 5.69 Å². The van der Waals surface area contributed by atoms with Crippen LogP contribution < -0.4 is 5.32 Å². The SMILES string of the molecule is CC(C)C(=O)c1ccn(CC(=O)Nc2ccccc2Br)c1. The number of hydrogen-bond acceptors (Lipinski definition) is 2. The Labute approximate surface area is 132 Å². The van der Waals surface area contributed by atoms with Crippen molar-refractivity contribution in [3.8, 4) is 0 Å². The van der Waals surface area contributed by atoms with Gasteiger partial charge in [-0.25, -0.2) is 0 Å². The standard InChI is InChI=1S/C16H17BrN2O2/c1-11(2)16(21)12-7-8-19(9-12)10-15(20)18-14-6-4-3-5-13(14)17/h3-9,11H,10H2,1-2H3,(H,18,20). The van der Waals surface area contributed by atoms with Crippen molar-refractivity contribution in [1.29, 1.82) is 0 Å². The van der Waals surface area contributed by atoms with Gasteiger partial charge in [0.15, 0.2) is 5.78 Å². The van der Waals surface area contributed by atoms with E-state index in [2.05, 4.69) is 21.2 Å². The van der Waals surface area contributed by atoms with E-state index in [9.17, 15) is 9.59 Å². The number of rotatable bonds is 5. The summed E-state index contributed by atoms with van der Waals surface area (Å²) in [5, 5.41) is 2.83. The Balaban J connectivity index is 2.01. The fourth-order valence-corrected chi connectivity index (χ4v) is 2.32. The van der Waals surface area contributed by atoms with Gasteiger partial charge in [-0.05, 0) is 34.1 Å². The maximum absolute atomic E-state index is 12.0. The molecule has 0 fully saturated rings. The highest BCUT2D eigenvalue weighted by Gasteiger charge is 2.12. The van der Waals surface area contributed by atoms with E-state index >= 15 is 0 Å². The van der Waals surface area contributed by atoms with Crippen LogP contribution in [0.2, 0.25) is 0 Å². The van der Waals surface area contributed by atoms with Crippen molar-refractivity contribution in [2.75, 3.05) is 5.32 Å². The Morgan fingerprint density at radius 3 is 2.62 bits per heavy atom. The maximum atomic E-state index is 12.0. The Bertz CT molecular complexity index is 662. The van der Waals surface area contributed by atoms with E-state index in [1.165, 1.54) is 0 Å². The number of Topliss-reactive ketones (excluding diaryl/α,β-unsaturated/α-hetero) is 1. The molecule has 0 aliphatic carbocycles. The van der Waals surface area contributed by atoms with E-state index in [0.29, 0.717) is 5.56 Å². The van der Waals surface area contributed by atoms with Crippen LogP contribution in [0.5, 0.6) is 0 Å². The molecule has 1 heterocycles. The molecule has 2 rings (SSSR count). The monoisotopic (exact) mass is 348 g/mol. The molecule has 0 saturated carbocycles. The number of halogens is 1. The first kappa shape index (κ1) is 15.5. The second-order valence-electron chi connectivity index (χ2n) is 5.12. The number of ketones is 1. The van der Waals surface area contributed by atoms with Crippen LogP contribution >= 0.6 is 15.9 Å². The lowest BCUT2D eigenvalue weighted by Gasteiger charge is -2.07. The molecule has 1 N–H and O–H groups in total. The molecule has 0 bridgehead atoms. The molecule has 2 aromatic rings. The lowest BCUT2D eigenvalue weighted by molar-refractivity contribution is -0.116. The lowest BCUT2D eigenvalue weighted by atomic mass is 10.0. The summed E-state index contributed by atoms with van der Waals surface area (Å²) in [6.45, 7) is 3.89. The van der Waals surface area contributed by atoms with Gasteiger partial charge >= 0.3 is 0 Å². The minimum absolute atomic E-state index is 0.0463. The first-order valence-electron chi connectivity index (χ1n) is 6.71. The van der Waals surface area contributed by atoms with Crippen LogP contribution in [0.25, 0.3) is 0 Å². The molecule has 0 atom stereocenters. The van der Waals surface area contributed by atoms with Crippen molar-refractivity contribution in [2.24, 2.45) is 5.92 Å².